The number of benzene rings is 2. The lowest BCUT2D eigenvalue weighted by molar-refractivity contribution is -0.146. The third-order valence-electron chi connectivity index (χ3n) is 5.18. The van der Waals surface area contributed by atoms with Gasteiger partial charge in [-0.25, -0.2) is 0 Å². The molecule has 2 amide bonds. The zero-order valence-corrected chi connectivity index (χ0v) is 18.6. The molecule has 176 valence electrons. The van der Waals surface area contributed by atoms with E-state index in [1.165, 1.54) is 49.7 Å². The van der Waals surface area contributed by atoms with Crippen molar-refractivity contribution in [2.75, 3.05) is 18.9 Å². The molecule has 1 aliphatic heterocycles. The minimum absolute atomic E-state index is 0.0308. The Balaban J connectivity index is 2.18. The van der Waals surface area contributed by atoms with E-state index in [0.717, 1.165) is 6.20 Å². The fraction of sp³-hybridized carbons (Fsp3) is 0.217. The quantitative estimate of drug-likeness (QED) is 0.621. The third-order valence-corrected chi connectivity index (χ3v) is 5.40. The van der Waals surface area contributed by atoms with Crippen LogP contribution >= 0.6 is 11.6 Å². The zero-order chi connectivity index (χ0) is 25.0. The molecule has 1 aliphatic rings. The van der Waals surface area contributed by atoms with Crippen LogP contribution in [0.25, 0.3) is 0 Å². The fourth-order valence-corrected chi connectivity index (χ4v) is 4.16. The summed E-state index contributed by atoms with van der Waals surface area (Å²) in [6.45, 7) is -1.60. The molecule has 0 unspecified atom stereocenters. The van der Waals surface area contributed by atoms with Gasteiger partial charge < -0.3 is 16.0 Å². The first-order valence-corrected chi connectivity index (χ1v) is 10.3. The molecule has 0 saturated carbocycles. The molecule has 3 rings (SSSR count). The number of halogens is 4. The van der Waals surface area contributed by atoms with Gasteiger partial charge in [0.15, 0.2) is 0 Å². The van der Waals surface area contributed by atoms with Crippen LogP contribution < -0.4 is 11.1 Å². The van der Waals surface area contributed by atoms with Gasteiger partial charge in [0.25, 0.3) is 5.91 Å². The Bertz CT molecular complexity index is 1220. The highest BCUT2D eigenvalue weighted by molar-refractivity contribution is 6.31. The third kappa shape index (κ3) is 5.21. The number of aliphatic imine (C=N–C) groups is 1. The number of amides is 2. The summed E-state index contributed by atoms with van der Waals surface area (Å²) in [6, 6.07) is 10.6. The van der Waals surface area contributed by atoms with Crippen molar-refractivity contribution in [3.05, 3.63) is 76.0 Å². The Labute approximate surface area is 198 Å². The summed E-state index contributed by atoms with van der Waals surface area (Å²) < 4.78 is 40.5. The number of nitrogens with zero attached hydrogens (tertiary/aromatic N) is 3. The topological polar surface area (TPSA) is 112 Å². The van der Waals surface area contributed by atoms with Crippen LogP contribution in [0.4, 0.5) is 18.9 Å². The minimum Gasteiger partial charge on any atom is -0.404 e. The molecule has 0 radical (unpaired) electrons. The first kappa shape index (κ1) is 24.8. The van der Waals surface area contributed by atoms with E-state index in [9.17, 15) is 22.8 Å². The average molecular weight is 490 g/mol. The van der Waals surface area contributed by atoms with E-state index in [1.807, 2.05) is 6.07 Å². The predicted octanol–water partition coefficient (Wildman–Crippen LogP) is 3.86. The van der Waals surface area contributed by atoms with Gasteiger partial charge in [0.05, 0.1) is 23.6 Å². The molecule has 0 spiro atoms. The van der Waals surface area contributed by atoms with Gasteiger partial charge in [0, 0.05) is 41.3 Å². The number of anilines is 1. The predicted molar refractivity (Wildman–Crippen MR) is 122 cm³/mol. The van der Waals surface area contributed by atoms with Crippen molar-refractivity contribution in [1.29, 1.82) is 5.26 Å². The van der Waals surface area contributed by atoms with Gasteiger partial charge in [0.2, 0.25) is 5.91 Å². The van der Waals surface area contributed by atoms with Crippen LogP contribution in [0.5, 0.6) is 0 Å². The SMILES string of the molecule is CN=CC(=CN)[C@H]1[C@H](C(=O)Nc2cc(Cl)cc(C#N)c2)c2ccccc2C(=O)N1CC(F)(F)F. The van der Waals surface area contributed by atoms with E-state index >= 15 is 0 Å². The van der Waals surface area contributed by atoms with E-state index in [0.29, 0.717) is 4.90 Å². The molecule has 0 aromatic heterocycles. The summed E-state index contributed by atoms with van der Waals surface area (Å²) >= 11 is 6.01. The molecular weight excluding hydrogens is 471 g/mol. The number of carbonyl (C=O) groups is 2. The molecule has 0 fully saturated rings. The van der Waals surface area contributed by atoms with E-state index in [-0.39, 0.29) is 33.0 Å². The second kappa shape index (κ2) is 9.97. The molecule has 2 atom stereocenters. The summed E-state index contributed by atoms with van der Waals surface area (Å²) in [5.74, 6) is -2.87. The van der Waals surface area contributed by atoms with Crippen molar-refractivity contribution in [3.63, 3.8) is 0 Å². The molecule has 0 aliphatic carbocycles. The lowest BCUT2D eigenvalue weighted by Crippen LogP contribution is -2.55. The van der Waals surface area contributed by atoms with Crippen molar-refractivity contribution >= 4 is 35.3 Å². The normalized spacial score (nSPS) is 18.5. The van der Waals surface area contributed by atoms with Crippen LogP contribution in [0.15, 0.2) is 59.2 Å². The van der Waals surface area contributed by atoms with E-state index < -0.39 is 36.5 Å². The van der Waals surface area contributed by atoms with E-state index in [1.54, 1.807) is 6.07 Å². The molecular formula is C23H19ClF3N5O2. The monoisotopic (exact) mass is 489 g/mol. The highest BCUT2D eigenvalue weighted by Crippen LogP contribution is 2.39. The number of hydrogen-bond acceptors (Lipinski definition) is 5. The first-order valence-electron chi connectivity index (χ1n) is 9.91. The number of nitrogens with two attached hydrogens (primary N) is 1. The standard InChI is InChI=1S/C23H19ClF3N5O2/c1-30-11-14(10-29)20-19(21(33)31-16-7-13(9-28)6-15(24)8-16)17-4-2-3-5-18(17)22(34)32(20)12-23(25,26)27/h2-8,10-11,19-20H,12,29H2,1H3,(H,31,33)/t19-,20+/m1/s1. The maximum atomic E-state index is 13.5. The van der Waals surface area contributed by atoms with Crippen molar-refractivity contribution in [1.82, 2.24) is 4.90 Å². The highest BCUT2D eigenvalue weighted by atomic mass is 35.5. The largest absolute Gasteiger partial charge is 0.406 e. The second-order valence-corrected chi connectivity index (χ2v) is 7.88. The zero-order valence-electron chi connectivity index (χ0n) is 17.8. The van der Waals surface area contributed by atoms with E-state index in [4.69, 9.17) is 22.6 Å². The van der Waals surface area contributed by atoms with Crippen molar-refractivity contribution < 1.29 is 22.8 Å². The van der Waals surface area contributed by atoms with Crippen LogP contribution in [-0.4, -0.2) is 48.7 Å². The smallest absolute Gasteiger partial charge is 0.404 e. The van der Waals surface area contributed by atoms with Crippen LogP contribution in [0, 0.1) is 11.3 Å². The van der Waals surface area contributed by atoms with Gasteiger partial charge in [-0.05, 0) is 29.8 Å². The Morgan fingerprint density at radius 1 is 1.32 bits per heavy atom. The molecule has 0 bridgehead atoms. The molecule has 34 heavy (non-hydrogen) atoms. The van der Waals surface area contributed by atoms with Gasteiger partial charge in [-0.1, -0.05) is 29.8 Å². The van der Waals surface area contributed by atoms with Gasteiger partial charge in [-0.3, -0.25) is 14.6 Å². The van der Waals surface area contributed by atoms with Crippen molar-refractivity contribution in [3.8, 4) is 6.07 Å². The minimum atomic E-state index is -4.74. The van der Waals surface area contributed by atoms with Crippen LogP contribution in [0.2, 0.25) is 5.02 Å². The first-order chi connectivity index (χ1) is 16.1. The van der Waals surface area contributed by atoms with Crippen LogP contribution in [-0.2, 0) is 4.79 Å². The van der Waals surface area contributed by atoms with Gasteiger partial charge >= 0.3 is 6.18 Å². The molecule has 3 N–H and O–H groups in total. The highest BCUT2D eigenvalue weighted by Gasteiger charge is 2.48. The number of fused-ring (bicyclic) bond motifs is 1. The Hall–Kier alpha value is -3.84. The van der Waals surface area contributed by atoms with Gasteiger partial charge in [-0.15, -0.1) is 0 Å². The Kier molecular flexibility index (Phi) is 7.27. The number of nitriles is 1. The number of carbonyl (C=O) groups excluding carboxylic acids is 2. The summed E-state index contributed by atoms with van der Waals surface area (Å²) in [6.07, 6.45) is -2.50. The second-order valence-electron chi connectivity index (χ2n) is 7.44. The molecule has 2 aromatic rings. The van der Waals surface area contributed by atoms with Gasteiger partial charge in [0.1, 0.15) is 6.54 Å². The summed E-state index contributed by atoms with van der Waals surface area (Å²) in [5.41, 5.74) is 6.31. The Morgan fingerprint density at radius 2 is 2.03 bits per heavy atom. The number of rotatable bonds is 5. The van der Waals surface area contributed by atoms with Gasteiger partial charge in [-0.2, -0.15) is 18.4 Å². The average Bonchev–Trinajstić information content (AvgIpc) is 2.78. The molecule has 7 nitrogen and oxygen atoms in total. The van der Waals surface area contributed by atoms with Crippen molar-refractivity contribution in [2.24, 2.45) is 10.7 Å². The molecule has 2 aromatic carbocycles. The fourth-order valence-electron chi connectivity index (χ4n) is 3.93. The molecule has 1 heterocycles. The lowest BCUT2D eigenvalue weighted by atomic mass is 9.79. The lowest BCUT2D eigenvalue weighted by Gasteiger charge is -2.42. The number of nitrogens with one attached hydrogen (secondary N) is 1. The number of hydrogen-bond donors (Lipinski definition) is 2. The Morgan fingerprint density at radius 3 is 2.65 bits per heavy atom. The van der Waals surface area contributed by atoms with E-state index in [2.05, 4.69) is 10.3 Å². The summed E-state index contributed by atoms with van der Waals surface area (Å²) in [5, 5.41) is 12.0. The molecule has 11 heteroatoms. The van der Waals surface area contributed by atoms with Crippen LogP contribution in [0.3, 0.4) is 0 Å². The maximum absolute atomic E-state index is 13.5. The van der Waals surface area contributed by atoms with Crippen molar-refractivity contribution in [2.45, 2.75) is 18.1 Å². The van der Waals surface area contributed by atoms with Crippen LogP contribution in [0.1, 0.15) is 27.4 Å². The number of alkyl halides is 3. The maximum Gasteiger partial charge on any atom is 0.406 e. The molecule has 0 saturated heterocycles. The summed E-state index contributed by atoms with van der Waals surface area (Å²) in [4.78, 5) is 31.0. The summed E-state index contributed by atoms with van der Waals surface area (Å²) in [7, 11) is 1.39.